The molecule has 7 heteroatoms. The first-order valence-corrected chi connectivity index (χ1v) is 13.5. The van der Waals surface area contributed by atoms with Crippen LogP contribution in [0.15, 0.2) is 60.7 Å². The Balaban J connectivity index is 1.63. The number of hydrogen-bond donors (Lipinski definition) is 1. The quantitative estimate of drug-likeness (QED) is 0.273. The molecule has 1 aliphatic carbocycles. The summed E-state index contributed by atoms with van der Waals surface area (Å²) in [4.78, 5) is 26.3. The number of anilines is 1. The summed E-state index contributed by atoms with van der Waals surface area (Å²) in [6.45, 7) is 5.75. The molecule has 0 spiro atoms. The van der Waals surface area contributed by atoms with E-state index in [9.17, 15) is 14.9 Å². The molecule has 1 fully saturated rings. The van der Waals surface area contributed by atoms with Gasteiger partial charge in [0.15, 0.2) is 0 Å². The summed E-state index contributed by atoms with van der Waals surface area (Å²) < 4.78 is 13.3. The van der Waals surface area contributed by atoms with Gasteiger partial charge < -0.3 is 14.0 Å². The fourth-order valence-electron chi connectivity index (χ4n) is 5.27. The Morgan fingerprint density at radius 3 is 2.49 bits per heavy atom. The number of hydrogen-bond acceptors (Lipinski definition) is 5. The lowest BCUT2D eigenvalue weighted by Crippen LogP contribution is -2.27. The molecule has 0 bridgehead atoms. The smallest absolute Gasteiger partial charge is 0.412 e. The molecule has 1 heterocycles. The summed E-state index contributed by atoms with van der Waals surface area (Å²) in [7, 11) is 0. The molecule has 200 valence electrons. The van der Waals surface area contributed by atoms with Gasteiger partial charge in [0.2, 0.25) is 0 Å². The summed E-state index contributed by atoms with van der Waals surface area (Å²) in [6.07, 6.45) is 4.24. The van der Waals surface area contributed by atoms with Crippen LogP contribution in [0.25, 0.3) is 21.7 Å². The number of carbonyl (C=O) groups excluding carboxylic acids is 2. The van der Waals surface area contributed by atoms with Crippen LogP contribution in [0.2, 0.25) is 0 Å². The maximum atomic E-state index is 13.6. The highest BCUT2D eigenvalue weighted by atomic mass is 16.6. The number of aromatic nitrogens is 1. The number of fused-ring (bicyclic) bond motifs is 2. The fourth-order valence-corrected chi connectivity index (χ4v) is 5.27. The zero-order chi connectivity index (χ0) is 27.6. The van der Waals surface area contributed by atoms with Gasteiger partial charge in [-0.05, 0) is 81.0 Å². The van der Waals surface area contributed by atoms with Crippen LogP contribution in [-0.2, 0) is 16.0 Å². The summed E-state index contributed by atoms with van der Waals surface area (Å²) in [5.74, 6) is -0.403. The first kappa shape index (κ1) is 26.3. The Morgan fingerprint density at radius 1 is 1.00 bits per heavy atom. The van der Waals surface area contributed by atoms with Gasteiger partial charge in [0.1, 0.15) is 17.4 Å². The van der Waals surface area contributed by atoms with Crippen LogP contribution in [-0.4, -0.2) is 28.3 Å². The number of nitriles is 1. The standard InChI is InChI=1S/C32H33N3O4/c1-32(2,3)39-31(37)34-27-16-21(19-33)17-28-26(27)18-29(30(36)38-24-13-5-4-6-14-24)35(28)20-23-12-9-11-22-10-7-8-15-25(22)23/h7-12,15-18,24H,4-6,13-14,20H2,1-3H3,(H,34,37). The topological polar surface area (TPSA) is 93.3 Å². The minimum Gasteiger partial charge on any atom is -0.458 e. The molecule has 0 aliphatic heterocycles. The minimum atomic E-state index is -0.689. The zero-order valence-corrected chi connectivity index (χ0v) is 22.6. The van der Waals surface area contributed by atoms with E-state index in [4.69, 9.17) is 9.47 Å². The minimum absolute atomic E-state index is 0.107. The molecule has 4 aromatic rings. The third-order valence-electron chi connectivity index (χ3n) is 7.03. The van der Waals surface area contributed by atoms with Gasteiger partial charge in [0, 0.05) is 11.9 Å². The monoisotopic (exact) mass is 523 g/mol. The number of rotatable bonds is 5. The highest BCUT2D eigenvalue weighted by molar-refractivity contribution is 6.05. The SMILES string of the molecule is CC(C)(C)OC(=O)Nc1cc(C#N)cc2c1cc(C(=O)OC1CCCCC1)n2Cc1cccc2ccccc12. The van der Waals surface area contributed by atoms with Crippen molar-refractivity contribution >= 4 is 39.4 Å². The number of carbonyl (C=O) groups is 2. The highest BCUT2D eigenvalue weighted by Gasteiger charge is 2.25. The second-order valence-corrected chi connectivity index (χ2v) is 11.1. The van der Waals surface area contributed by atoms with E-state index in [1.807, 2.05) is 28.8 Å². The van der Waals surface area contributed by atoms with Gasteiger partial charge in [-0.1, -0.05) is 48.9 Å². The van der Waals surface area contributed by atoms with Crippen LogP contribution in [0.1, 0.15) is 74.5 Å². The predicted octanol–water partition coefficient (Wildman–Crippen LogP) is 7.55. The van der Waals surface area contributed by atoms with Crippen molar-refractivity contribution in [1.82, 2.24) is 4.57 Å². The molecule has 0 unspecified atom stereocenters. The van der Waals surface area contributed by atoms with Gasteiger partial charge in [0.25, 0.3) is 0 Å². The molecule has 1 N–H and O–H groups in total. The Hall–Kier alpha value is -4.31. The van der Waals surface area contributed by atoms with Gasteiger partial charge >= 0.3 is 12.1 Å². The Labute approximate surface area is 228 Å². The van der Waals surface area contributed by atoms with Crippen molar-refractivity contribution in [2.45, 2.75) is 71.1 Å². The number of benzene rings is 3. The third kappa shape index (κ3) is 5.91. The summed E-state index contributed by atoms with van der Waals surface area (Å²) in [5, 5.41) is 15.4. The van der Waals surface area contributed by atoms with Gasteiger partial charge in [-0.25, -0.2) is 9.59 Å². The predicted molar refractivity (Wildman–Crippen MR) is 152 cm³/mol. The zero-order valence-electron chi connectivity index (χ0n) is 22.6. The Kier molecular flexibility index (Phi) is 7.30. The van der Waals surface area contributed by atoms with Crippen LogP contribution in [0.4, 0.5) is 10.5 Å². The van der Waals surface area contributed by atoms with Crippen LogP contribution < -0.4 is 5.32 Å². The lowest BCUT2D eigenvalue weighted by atomic mass is 9.98. The molecule has 0 radical (unpaired) electrons. The van der Waals surface area contributed by atoms with Crippen LogP contribution in [0.3, 0.4) is 0 Å². The van der Waals surface area contributed by atoms with E-state index < -0.39 is 17.7 Å². The molecular weight excluding hydrogens is 490 g/mol. The van der Waals surface area contributed by atoms with Gasteiger partial charge in [0.05, 0.1) is 22.8 Å². The van der Waals surface area contributed by atoms with E-state index in [1.54, 1.807) is 39.0 Å². The number of nitrogens with one attached hydrogen (secondary N) is 1. The maximum absolute atomic E-state index is 13.6. The molecule has 39 heavy (non-hydrogen) atoms. The molecule has 3 aromatic carbocycles. The average molecular weight is 524 g/mol. The number of ether oxygens (including phenoxy) is 2. The van der Waals surface area contributed by atoms with Gasteiger partial charge in [-0.15, -0.1) is 0 Å². The van der Waals surface area contributed by atoms with Gasteiger partial charge in [-0.2, -0.15) is 5.26 Å². The molecule has 7 nitrogen and oxygen atoms in total. The first-order valence-electron chi connectivity index (χ1n) is 13.5. The normalized spacial score (nSPS) is 14.2. The van der Waals surface area contributed by atoms with E-state index in [1.165, 1.54) is 0 Å². The van der Waals surface area contributed by atoms with Crippen molar-refractivity contribution in [3.05, 3.63) is 77.5 Å². The first-order chi connectivity index (χ1) is 18.7. The van der Waals surface area contributed by atoms with Crippen molar-refractivity contribution in [1.29, 1.82) is 5.26 Å². The molecule has 1 saturated carbocycles. The van der Waals surface area contributed by atoms with E-state index in [0.29, 0.717) is 34.4 Å². The molecule has 1 amide bonds. The van der Waals surface area contributed by atoms with E-state index >= 15 is 0 Å². The second-order valence-electron chi connectivity index (χ2n) is 11.1. The molecular formula is C32H33N3O4. The summed E-state index contributed by atoms with van der Waals surface area (Å²) >= 11 is 0. The molecule has 0 atom stereocenters. The van der Waals surface area contributed by atoms with E-state index in [2.05, 4.69) is 29.6 Å². The van der Waals surface area contributed by atoms with Crippen LogP contribution >= 0.6 is 0 Å². The van der Waals surface area contributed by atoms with Crippen molar-refractivity contribution in [2.24, 2.45) is 0 Å². The third-order valence-corrected chi connectivity index (χ3v) is 7.03. The van der Waals surface area contributed by atoms with Crippen molar-refractivity contribution < 1.29 is 19.1 Å². The number of esters is 1. The van der Waals surface area contributed by atoms with Crippen LogP contribution in [0.5, 0.6) is 0 Å². The Morgan fingerprint density at radius 2 is 1.74 bits per heavy atom. The maximum Gasteiger partial charge on any atom is 0.412 e. The highest BCUT2D eigenvalue weighted by Crippen LogP contribution is 2.32. The van der Waals surface area contributed by atoms with Crippen molar-refractivity contribution in [2.75, 3.05) is 5.32 Å². The molecule has 1 aromatic heterocycles. The van der Waals surface area contributed by atoms with Gasteiger partial charge in [-0.3, -0.25) is 5.32 Å². The largest absolute Gasteiger partial charge is 0.458 e. The summed E-state index contributed by atoms with van der Waals surface area (Å²) in [5.41, 5.74) is 2.14. The molecule has 1 aliphatic rings. The fraction of sp³-hybridized carbons (Fsp3) is 0.344. The lowest BCUT2D eigenvalue weighted by molar-refractivity contribution is 0.0200. The number of nitrogens with zero attached hydrogens (tertiary/aromatic N) is 2. The van der Waals surface area contributed by atoms with E-state index in [-0.39, 0.29) is 6.10 Å². The number of amides is 1. The summed E-state index contributed by atoms with van der Waals surface area (Å²) in [6, 6.07) is 21.5. The molecule has 5 rings (SSSR count). The van der Waals surface area contributed by atoms with Crippen molar-refractivity contribution in [3.63, 3.8) is 0 Å². The second kappa shape index (κ2) is 10.8. The molecule has 0 saturated heterocycles. The van der Waals surface area contributed by atoms with Crippen molar-refractivity contribution in [3.8, 4) is 6.07 Å². The van der Waals surface area contributed by atoms with E-state index in [0.717, 1.165) is 48.4 Å². The lowest BCUT2D eigenvalue weighted by Gasteiger charge is -2.22. The average Bonchev–Trinajstić information content (AvgIpc) is 3.27. The Bertz CT molecular complexity index is 1580. The van der Waals surface area contributed by atoms with Crippen LogP contribution in [0, 0.1) is 11.3 Å².